The molecule has 0 atom stereocenters. The van der Waals surface area contributed by atoms with Crippen LogP contribution in [0.3, 0.4) is 0 Å². The molecule has 4 heteroatoms. The van der Waals surface area contributed by atoms with Crippen molar-refractivity contribution < 1.29 is 4.74 Å². The van der Waals surface area contributed by atoms with Gasteiger partial charge in [0, 0.05) is 22.5 Å². The number of fused-ring (bicyclic) bond motifs is 1. The number of nitrogens with one attached hydrogen (secondary N) is 2. The third-order valence-electron chi connectivity index (χ3n) is 5.41. The molecule has 3 aromatic rings. The molecule has 0 bridgehead atoms. The lowest BCUT2D eigenvalue weighted by atomic mass is 9.79. The van der Waals surface area contributed by atoms with Crippen molar-refractivity contribution in [1.82, 2.24) is 5.32 Å². The molecule has 1 aliphatic heterocycles. The fourth-order valence-electron chi connectivity index (χ4n) is 4.72. The highest BCUT2D eigenvalue weighted by molar-refractivity contribution is 5.88. The van der Waals surface area contributed by atoms with E-state index in [1.165, 1.54) is 5.39 Å². The molecule has 1 saturated heterocycles. The van der Waals surface area contributed by atoms with Crippen LogP contribution in [0.5, 0.6) is 11.5 Å². The first-order valence-electron chi connectivity index (χ1n) is 10.1. The Labute approximate surface area is 180 Å². The molecule has 4 rings (SSSR count). The fraction of sp³-hybridized carbons (Fsp3) is 0.360. The summed E-state index contributed by atoms with van der Waals surface area (Å²) in [6, 6.07) is 23.2. The van der Waals surface area contributed by atoms with Gasteiger partial charge in [-0.3, -0.25) is 0 Å². The zero-order valence-electron chi connectivity index (χ0n) is 17.7. The average molecular weight is 411 g/mol. The van der Waals surface area contributed by atoms with Crippen LogP contribution in [-0.2, 0) is 0 Å². The van der Waals surface area contributed by atoms with E-state index in [-0.39, 0.29) is 23.5 Å². The van der Waals surface area contributed by atoms with E-state index in [0.717, 1.165) is 35.4 Å². The van der Waals surface area contributed by atoms with E-state index in [9.17, 15) is 0 Å². The van der Waals surface area contributed by atoms with Gasteiger partial charge in [-0.15, -0.1) is 12.4 Å². The average Bonchev–Trinajstić information content (AvgIpc) is 2.61. The zero-order chi connectivity index (χ0) is 19.8. The van der Waals surface area contributed by atoms with Crippen LogP contribution in [0, 0.1) is 0 Å². The molecule has 1 fully saturated rings. The Morgan fingerprint density at radius 1 is 0.793 bits per heavy atom. The number of piperidine rings is 1. The lowest BCUT2D eigenvalue weighted by molar-refractivity contribution is 0.170. The van der Waals surface area contributed by atoms with Gasteiger partial charge in [0.25, 0.3) is 0 Å². The molecule has 0 spiro atoms. The highest BCUT2D eigenvalue weighted by Gasteiger charge is 2.37. The van der Waals surface area contributed by atoms with Gasteiger partial charge in [-0.2, -0.15) is 0 Å². The highest BCUT2D eigenvalue weighted by atomic mass is 35.5. The quantitative estimate of drug-likeness (QED) is 0.497. The lowest BCUT2D eigenvalue weighted by Gasteiger charge is -2.47. The zero-order valence-corrected chi connectivity index (χ0v) is 18.5. The molecule has 0 aliphatic carbocycles. The third kappa shape index (κ3) is 5.04. The van der Waals surface area contributed by atoms with Gasteiger partial charge in [0.1, 0.15) is 5.75 Å². The predicted octanol–water partition coefficient (Wildman–Crippen LogP) is 6.78. The van der Waals surface area contributed by atoms with E-state index in [0.29, 0.717) is 6.04 Å². The molecular formula is C25H31ClN2O. The van der Waals surface area contributed by atoms with Crippen LogP contribution in [-0.4, -0.2) is 17.1 Å². The third-order valence-corrected chi connectivity index (χ3v) is 5.41. The van der Waals surface area contributed by atoms with Crippen molar-refractivity contribution >= 4 is 28.9 Å². The van der Waals surface area contributed by atoms with Crippen molar-refractivity contribution in [2.45, 2.75) is 57.7 Å². The predicted molar refractivity (Wildman–Crippen MR) is 126 cm³/mol. The van der Waals surface area contributed by atoms with Gasteiger partial charge >= 0.3 is 0 Å². The van der Waals surface area contributed by atoms with Crippen LogP contribution in [0.2, 0.25) is 0 Å². The molecule has 0 saturated carbocycles. The number of rotatable bonds is 4. The Bertz CT molecular complexity index is 962. The molecule has 0 aromatic heterocycles. The summed E-state index contributed by atoms with van der Waals surface area (Å²) in [7, 11) is 0. The topological polar surface area (TPSA) is 33.3 Å². The molecule has 0 radical (unpaired) electrons. The van der Waals surface area contributed by atoms with Gasteiger partial charge in [0.2, 0.25) is 0 Å². The van der Waals surface area contributed by atoms with Crippen LogP contribution in [0.1, 0.15) is 40.5 Å². The number of halogens is 1. The number of hydrogen-bond acceptors (Lipinski definition) is 3. The molecule has 3 aromatic carbocycles. The van der Waals surface area contributed by atoms with Crippen LogP contribution < -0.4 is 15.4 Å². The maximum absolute atomic E-state index is 6.39. The Hall–Kier alpha value is -2.23. The summed E-state index contributed by atoms with van der Waals surface area (Å²) in [6.45, 7) is 9.12. The van der Waals surface area contributed by atoms with Crippen LogP contribution in [0.25, 0.3) is 10.8 Å². The van der Waals surface area contributed by atoms with Crippen molar-refractivity contribution in [1.29, 1.82) is 0 Å². The Morgan fingerprint density at radius 2 is 1.38 bits per heavy atom. The maximum atomic E-state index is 6.39. The molecule has 29 heavy (non-hydrogen) atoms. The number of benzene rings is 3. The largest absolute Gasteiger partial charge is 0.455 e. The molecule has 1 heterocycles. The molecule has 0 amide bonds. The smallest absolute Gasteiger partial charge is 0.150 e. The van der Waals surface area contributed by atoms with E-state index in [4.69, 9.17) is 4.74 Å². The van der Waals surface area contributed by atoms with E-state index in [2.05, 4.69) is 80.8 Å². The Balaban J connectivity index is 0.00000240. The summed E-state index contributed by atoms with van der Waals surface area (Å²) in [6.07, 6.45) is 2.14. The SMILES string of the molecule is CC1(C)CC(Nc2ccccc2Oc2cccc3ccccc23)CC(C)(C)N1.Cl. The van der Waals surface area contributed by atoms with Gasteiger partial charge in [0.05, 0.1) is 5.69 Å². The van der Waals surface area contributed by atoms with Crippen LogP contribution in [0.4, 0.5) is 5.69 Å². The first-order valence-corrected chi connectivity index (χ1v) is 10.1. The van der Waals surface area contributed by atoms with Crippen molar-refractivity contribution in [3.05, 3.63) is 66.7 Å². The fourth-order valence-corrected chi connectivity index (χ4v) is 4.72. The maximum Gasteiger partial charge on any atom is 0.150 e. The number of anilines is 1. The Kier molecular flexibility index (Phi) is 6.11. The van der Waals surface area contributed by atoms with Gasteiger partial charge < -0.3 is 15.4 Å². The molecule has 3 nitrogen and oxygen atoms in total. The van der Waals surface area contributed by atoms with Crippen LogP contribution in [0.15, 0.2) is 66.7 Å². The summed E-state index contributed by atoms with van der Waals surface area (Å²) < 4.78 is 6.39. The van der Waals surface area contributed by atoms with E-state index < -0.39 is 0 Å². The van der Waals surface area contributed by atoms with Crippen molar-refractivity contribution in [2.75, 3.05) is 5.32 Å². The minimum Gasteiger partial charge on any atom is -0.455 e. The number of hydrogen-bond donors (Lipinski definition) is 2. The second kappa shape index (κ2) is 8.25. The minimum absolute atomic E-state index is 0. The summed E-state index contributed by atoms with van der Waals surface area (Å²) >= 11 is 0. The van der Waals surface area contributed by atoms with E-state index in [1.807, 2.05) is 24.3 Å². The van der Waals surface area contributed by atoms with E-state index in [1.54, 1.807) is 0 Å². The number of ether oxygens (including phenoxy) is 1. The highest BCUT2D eigenvalue weighted by Crippen LogP contribution is 2.36. The van der Waals surface area contributed by atoms with Gasteiger partial charge in [0.15, 0.2) is 5.75 Å². The van der Waals surface area contributed by atoms with Gasteiger partial charge in [-0.25, -0.2) is 0 Å². The monoisotopic (exact) mass is 410 g/mol. The van der Waals surface area contributed by atoms with Crippen molar-refractivity contribution in [3.8, 4) is 11.5 Å². The van der Waals surface area contributed by atoms with Gasteiger partial charge in [-0.05, 0) is 64.1 Å². The minimum atomic E-state index is 0. The molecule has 154 valence electrons. The first kappa shape index (κ1) is 21.5. The number of para-hydroxylation sites is 2. The second-order valence-corrected chi connectivity index (χ2v) is 9.22. The second-order valence-electron chi connectivity index (χ2n) is 9.22. The standard InChI is InChI=1S/C25H30N2O.ClH/c1-24(2)16-19(17-25(3,4)27-24)26-21-13-7-8-14-23(21)28-22-15-9-11-18-10-5-6-12-20(18)22;/h5-15,19,26-27H,16-17H2,1-4H3;1H. The Morgan fingerprint density at radius 3 is 2.14 bits per heavy atom. The van der Waals surface area contributed by atoms with Crippen LogP contribution >= 0.6 is 12.4 Å². The summed E-state index contributed by atoms with van der Waals surface area (Å²) in [5.41, 5.74) is 1.25. The van der Waals surface area contributed by atoms with Crippen molar-refractivity contribution in [3.63, 3.8) is 0 Å². The summed E-state index contributed by atoms with van der Waals surface area (Å²) in [5, 5.41) is 9.83. The molecule has 2 N–H and O–H groups in total. The molecule has 1 aliphatic rings. The van der Waals surface area contributed by atoms with E-state index >= 15 is 0 Å². The first-order chi connectivity index (χ1) is 13.3. The molecule has 0 unspecified atom stereocenters. The lowest BCUT2D eigenvalue weighted by Crippen LogP contribution is -2.60. The van der Waals surface area contributed by atoms with Crippen molar-refractivity contribution in [2.24, 2.45) is 0 Å². The summed E-state index contributed by atoms with van der Waals surface area (Å²) in [5.74, 6) is 1.76. The molecular weight excluding hydrogens is 380 g/mol. The normalized spacial score (nSPS) is 18.1. The summed E-state index contributed by atoms with van der Waals surface area (Å²) in [4.78, 5) is 0. The van der Waals surface area contributed by atoms with Gasteiger partial charge in [-0.1, -0.05) is 48.5 Å².